The Balaban J connectivity index is 2.04. The van der Waals surface area contributed by atoms with Gasteiger partial charge in [0.15, 0.2) is 0 Å². The van der Waals surface area contributed by atoms with Crippen molar-refractivity contribution < 1.29 is 4.79 Å². The molecule has 0 fully saturated rings. The Bertz CT molecular complexity index is 721. The number of aldehydes is 1. The topological polar surface area (TPSA) is 17.1 Å². The van der Waals surface area contributed by atoms with Crippen molar-refractivity contribution in [3.63, 3.8) is 0 Å². The van der Waals surface area contributed by atoms with E-state index in [1.54, 1.807) is 11.3 Å². The minimum absolute atomic E-state index is 0.710. The lowest BCUT2D eigenvalue weighted by molar-refractivity contribution is 0.112. The van der Waals surface area contributed by atoms with Crippen molar-refractivity contribution in [2.75, 3.05) is 0 Å². The van der Waals surface area contributed by atoms with Crippen molar-refractivity contribution in [1.82, 2.24) is 0 Å². The first-order valence-corrected chi connectivity index (χ1v) is 7.36. The number of carbonyl (C=O) groups excluding carboxylic acids is 1. The molecule has 1 aromatic heterocycles. The second kappa shape index (κ2) is 5.43. The van der Waals surface area contributed by atoms with E-state index in [0.717, 1.165) is 11.8 Å². The van der Waals surface area contributed by atoms with Crippen LogP contribution in [0.2, 0.25) is 0 Å². The lowest BCUT2D eigenvalue weighted by Gasteiger charge is -2.05. The third-order valence-electron chi connectivity index (χ3n) is 3.34. The molecule has 3 aromatic rings. The van der Waals surface area contributed by atoms with Crippen LogP contribution in [0.1, 0.15) is 15.9 Å². The molecule has 0 aliphatic carbocycles. The van der Waals surface area contributed by atoms with Crippen molar-refractivity contribution in [3.05, 3.63) is 71.1 Å². The summed E-state index contributed by atoms with van der Waals surface area (Å²) in [5.74, 6) is 0. The summed E-state index contributed by atoms with van der Waals surface area (Å²) in [4.78, 5) is 12.0. The van der Waals surface area contributed by atoms with Crippen molar-refractivity contribution >= 4 is 17.6 Å². The predicted octanol–water partition coefficient (Wildman–Crippen LogP) is 5.20. The molecule has 0 saturated heterocycles. The van der Waals surface area contributed by atoms with Gasteiger partial charge in [-0.05, 0) is 29.5 Å². The molecule has 3 rings (SSSR count). The van der Waals surface area contributed by atoms with Crippen LogP contribution in [-0.2, 0) is 0 Å². The first-order chi connectivity index (χ1) is 9.78. The molecule has 0 aliphatic rings. The highest BCUT2D eigenvalue weighted by molar-refractivity contribution is 7.14. The van der Waals surface area contributed by atoms with E-state index < -0.39 is 0 Å². The maximum Gasteiger partial charge on any atom is 0.150 e. The van der Waals surface area contributed by atoms with Crippen LogP contribution in [0, 0.1) is 6.92 Å². The van der Waals surface area contributed by atoms with Crippen LogP contribution >= 0.6 is 11.3 Å². The molecule has 1 nitrogen and oxygen atoms in total. The summed E-state index contributed by atoms with van der Waals surface area (Å²) in [5.41, 5.74) is 5.60. The minimum atomic E-state index is 0.710. The molecule has 0 radical (unpaired) electrons. The van der Waals surface area contributed by atoms with Gasteiger partial charge in [0.1, 0.15) is 6.29 Å². The summed E-state index contributed by atoms with van der Waals surface area (Å²) >= 11 is 1.73. The van der Waals surface area contributed by atoms with E-state index in [-0.39, 0.29) is 0 Å². The Morgan fingerprint density at radius 3 is 2.15 bits per heavy atom. The van der Waals surface area contributed by atoms with Crippen molar-refractivity contribution in [3.8, 4) is 21.6 Å². The van der Waals surface area contributed by atoms with E-state index in [1.165, 1.54) is 21.6 Å². The van der Waals surface area contributed by atoms with E-state index in [4.69, 9.17) is 0 Å². The summed E-state index contributed by atoms with van der Waals surface area (Å²) < 4.78 is 0. The lowest BCUT2D eigenvalue weighted by atomic mass is 10.0. The molecule has 0 amide bonds. The molecule has 2 aromatic carbocycles. The molecule has 0 spiro atoms. The number of benzene rings is 2. The maximum atomic E-state index is 10.7. The molecule has 98 valence electrons. The summed E-state index contributed by atoms with van der Waals surface area (Å²) in [5, 5.41) is 2.11. The standard InChI is InChI=1S/C18H14OS/c1-13-2-6-15(7-3-13)17-10-11-20-18(17)16-8-4-14(12-19)5-9-16/h2-12H,1H3. The number of carbonyl (C=O) groups is 1. The fourth-order valence-electron chi connectivity index (χ4n) is 2.21. The van der Waals surface area contributed by atoms with Gasteiger partial charge >= 0.3 is 0 Å². The first kappa shape index (κ1) is 12.8. The summed E-state index contributed by atoms with van der Waals surface area (Å²) in [6.07, 6.45) is 0.874. The molecule has 0 bridgehead atoms. The second-order valence-electron chi connectivity index (χ2n) is 4.77. The Labute approximate surface area is 122 Å². The van der Waals surface area contributed by atoms with Gasteiger partial charge in [0.25, 0.3) is 0 Å². The van der Waals surface area contributed by atoms with E-state index in [1.807, 2.05) is 24.3 Å². The van der Waals surface area contributed by atoms with Crippen LogP contribution < -0.4 is 0 Å². The van der Waals surface area contributed by atoms with Crippen molar-refractivity contribution in [1.29, 1.82) is 0 Å². The number of thiophene rings is 1. The summed E-state index contributed by atoms with van der Waals surface area (Å²) in [6.45, 7) is 2.09. The molecule has 0 unspecified atom stereocenters. The molecule has 20 heavy (non-hydrogen) atoms. The number of hydrogen-bond donors (Lipinski definition) is 0. The van der Waals surface area contributed by atoms with Crippen molar-refractivity contribution in [2.45, 2.75) is 6.92 Å². The number of rotatable bonds is 3. The van der Waals surface area contributed by atoms with E-state index in [0.29, 0.717) is 5.56 Å². The van der Waals surface area contributed by atoms with Gasteiger partial charge in [-0.15, -0.1) is 11.3 Å². The van der Waals surface area contributed by atoms with Crippen molar-refractivity contribution in [2.24, 2.45) is 0 Å². The van der Waals surface area contributed by atoms with Gasteiger partial charge in [-0.3, -0.25) is 4.79 Å². The monoisotopic (exact) mass is 278 g/mol. The van der Waals surface area contributed by atoms with E-state index >= 15 is 0 Å². The Morgan fingerprint density at radius 2 is 1.50 bits per heavy atom. The average Bonchev–Trinajstić information content (AvgIpc) is 2.97. The molecule has 0 saturated carbocycles. The number of hydrogen-bond acceptors (Lipinski definition) is 2. The fourth-order valence-corrected chi connectivity index (χ4v) is 3.13. The van der Waals surface area contributed by atoms with Gasteiger partial charge in [0.05, 0.1) is 0 Å². The van der Waals surface area contributed by atoms with Crippen LogP contribution in [0.15, 0.2) is 60.0 Å². The van der Waals surface area contributed by atoms with Crippen LogP contribution in [0.4, 0.5) is 0 Å². The van der Waals surface area contributed by atoms with Gasteiger partial charge in [0, 0.05) is 16.0 Å². The quantitative estimate of drug-likeness (QED) is 0.601. The lowest BCUT2D eigenvalue weighted by Crippen LogP contribution is -1.82. The molecule has 2 heteroatoms. The zero-order chi connectivity index (χ0) is 13.9. The molecular formula is C18H14OS. The van der Waals surface area contributed by atoms with Gasteiger partial charge in [-0.25, -0.2) is 0 Å². The summed E-state index contributed by atoms with van der Waals surface area (Å²) in [6, 6.07) is 18.5. The summed E-state index contributed by atoms with van der Waals surface area (Å²) in [7, 11) is 0. The van der Waals surface area contributed by atoms with Crippen LogP contribution in [0.3, 0.4) is 0 Å². The molecule has 0 aliphatic heterocycles. The highest BCUT2D eigenvalue weighted by Crippen LogP contribution is 2.36. The Morgan fingerprint density at radius 1 is 0.850 bits per heavy atom. The van der Waals surface area contributed by atoms with E-state index in [9.17, 15) is 4.79 Å². The molecule has 1 heterocycles. The highest BCUT2D eigenvalue weighted by atomic mass is 32.1. The Kier molecular flexibility index (Phi) is 3.48. The predicted molar refractivity (Wildman–Crippen MR) is 85.3 cm³/mol. The zero-order valence-electron chi connectivity index (χ0n) is 11.2. The van der Waals surface area contributed by atoms with Gasteiger partial charge in [-0.2, -0.15) is 0 Å². The van der Waals surface area contributed by atoms with E-state index in [2.05, 4.69) is 42.6 Å². The fraction of sp³-hybridized carbons (Fsp3) is 0.0556. The van der Waals surface area contributed by atoms with Gasteiger partial charge in [-0.1, -0.05) is 54.1 Å². The van der Waals surface area contributed by atoms with Crippen LogP contribution in [-0.4, -0.2) is 6.29 Å². The normalized spacial score (nSPS) is 10.4. The number of aryl methyl sites for hydroxylation is 1. The average molecular weight is 278 g/mol. The third kappa shape index (κ3) is 2.43. The first-order valence-electron chi connectivity index (χ1n) is 6.48. The molecule has 0 atom stereocenters. The van der Waals surface area contributed by atoms with Gasteiger partial charge < -0.3 is 0 Å². The largest absolute Gasteiger partial charge is 0.298 e. The Hall–Kier alpha value is -2.19. The molecule has 0 N–H and O–H groups in total. The maximum absolute atomic E-state index is 10.7. The van der Waals surface area contributed by atoms with Gasteiger partial charge in [0.2, 0.25) is 0 Å². The SMILES string of the molecule is Cc1ccc(-c2ccsc2-c2ccc(C=O)cc2)cc1. The van der Waals surface area contributed by atoms with Crippen LogP contribution in [0.25, 0.3) is 21.6 Å². The third-order valence-corrected chi connectivity index (χ3v) is 4.30. The minimum Gasteiger partial charge on any atom is -0.298 e. The van der Waals surface area contributed by atoms with Crippen LogP contribution in [0.5, 0.6) is 0 Å². The smallest absolute Gasteiger partial charge is 0.150 e. The highest BCUT2D eigenvalue weighted by Gasteiger charge is 2.08. The second-order valence-corrected chi connectivity index (χ2v) is 5.69. The zero-order valence-corrected chi connectivity index (χ0v) is 12.0. The molecular weight excluding hydrogens is 264 g/mol.